The van der Waals surface area contributed by atoms with E-state index in [-0.39, 0.29) is 24.5 Å². The van der Waals surface area contributed by atoms with Crippen molar-refractivity contribution in [1.29, 1.82) is 0 Å². The lowest BCUT2D eigenvalue weighted by molar-refractivity contribution is -0.153. The predicted octanol–water partition coefficient (Wildman–Crippen LogP) is 0.785. The SMILES string of the molecule is CCN(C)C(=O)C(C)NCC(=O)OC(C)(C)C. The number of amides is 1. The van der Waals surface area contributed by atoms with Crippen LogP contribution in [0.3, 0.4) is 0 Å². The minimum atomic E-state index is -0.494. The Labute approximate surface area is 103 Å². The lowest BCUT2D eigenvalue weighted by Crippen LogP contribution is -2.45. The highest BCUT2D eigenvalue weighted by atomic mass is 16.6. The normalized spacial score (nSPS) is 13.1. The van der Waals surface area contributed by atoms with E-state index in [2.05, 4.69) is 5.32 Å². The fourth-order valence-corrected chi connectivity index (χ4v) is 1.19. The molecule has 0 spiro atoms. The molecule has 1 N–H and O–H groups in total. The first-order valence-corrected chi connectivity index (χ1v) is 5.87. The predicted molar refractivity (Wildman–Crippen MR) is 66.6 cm³/mol. The van der Waals surface area contributed by atoms with Gasteiger partial charge in [-0.1, -0.05) is 0 Å². The molecule has 0 aliphatic rings. The van der Waals surface area contributed by atoms with Crippen molar-refractivity contribution in [2.75, 3.05) is 20.1 Å². The van der Waals surface area contributed by atoms with Gasteiger partial charge >= 0.3 is 5.97 Å². The van der Waals surface area contributed by atoms with Gasteiger partial charge < -0.3 is 9.64 Å². The molecule has 0 aliphatic carbocycles. The molecule has 0 saturated carbocycles. The number of likely N-dealkylation sites (N-methyl/N-ethyl adjacent to an activating group) is 1. The van der Waals surface area contributed by atoms with E-state index in [1.165, 1.54) is 0 Å². The van der Waals surface area contributed by atoms with Crippen molar-refractivity contribution < 1.29 is 14.3 Å². The van der Waals surface area contributed by atoms with Crippen molar-refractivity contribution >= 4 is 11.9 Å². The highest BCUT2D eigenvalue weighted by molar-refractivity contribution is 5.82. The molecule has 17 heavy (non-hydrogen) atoms. The maximum Gasteiger partial charge on any atom is 0.320 e. The van der Waals surface area contributed by atoms with Crippen molar-refractivity contribution in [2.24, 2.45) is 0 Å². The van der Waals surface area contributed by atoms with E-state index in [1.54, 1.807) is 18.9 Å². The maximum atomic E-state index is 11.7. The molecule has 5 nitrogen and oxygen atoms in total. The van der Waals surface area contributed by atoms with Crippen LogP contribution in [-0.4, -0.2) is 48.6 Å². The van der Waals surface area contributed by atoms with Gasteiger partial charge in [0, 0.05) is 13.6 Å². The van der Waals surface area contributed by atoms with Crippen LogP contribution in [0.5, 0.6) is 0 Å². The minimum absolute atomic E-state index is 0.0314. The molecule has 1 amide bonds. The molecule has 100 valence electrons. The van der Waals surface area contributed by atoms with Gasteiger partial charge in [-0.05, 0) is 34.6 Å². The maximum absolute atomic E-state index is 11.7. The summed E-state index contributed by atoms with van der Waals surface area (Å²) >= 11 is 0. The molecule has 1 atom stereocenters. The summed E-state index contributed by atoms with van der Waals surface area (Å²) in [6.45, 7) is 9.76. The number of carbonyl (C=O) groups is 2. The largest absolute Gasteiger partial charge is 0.459 e. The summed E-state index contributed by atoms with van der Waals surface area (Å²) < 4.78 is 5.13. The number of hydrogen-bond acceptors (Lipinski definition) is 4. The summed E-state index contributed by atoms with van der Waals surface area (Å²) in [4.78, 5) is 24.7. The number of hydrogen-bond donors (Lipinski definition) is 1. The molecule has 0 aromatic carbocycles. The Morgan fingerprint density at radius 1 is 1.35 bits per heavy atom. The second kappa shape index (κ2) is 6.59. The summed E-state index contributed by atoms with van der Waals surface area (Å²) in [5.41, 5.74) is -0.494. The molecule has 0 rings (SSSR count). The fraction of sp³-hybridized carbons (Fsp3) is 0.833. The summed E-state index contributed by atoms with van der Waals surface area (Å²) in [6.07, 6.45) is 0. The zero-order chi connectivity index (χ0) is 13.6. The third-order valence-electron chi connectivity index (χ3n) is 2.19. The molecule has 0 aromatic rings. The molecular weight excluding hydrogens is 220 g/mol. The van der Waals surface area contributed by atoms with E-state index >= 15 is 0 Å². The van der Waals surface area contributed by atoms with Gasteiger partial charge in [0.05, 0.1) is 12.6 Å². The number of nitrogens with one attached hydrogen (secondary N) is 1. The molecule has 5 heteroatoms. The van der Waals surface area contributed by atoms with Crippen LogP contribution in [0.4, 0.5) is 0 Å². The van der Waals surface area contributed by atoms with Crippen LogP contribution in [0, 0.1) is 0 Å². The van der Waals surface area contributed by atoms with E-state index in [9.17, 15) is 9.59 Å². The molecule has 0 aromatic heterocycles. The van der Waals surface area contributed by atoms with Gasteiger partial charge in [0.2, 0.25) is 5.91 Å². The highest BCUT2D eigenvalue weighted by Crippen LogP contribution is 2.06. The first kappa shape index (κ1) is 15.9. The quantitative estimate of drug-likeness (QED) is 0.726. The molecule has 0 bridgehead atoms. The molecule has 0 aliphatic heterocycles. The van der Waals surface area contributed by atoms with Gasteiger partial charge in [0.1, 0.15) is 5.60 Å². The zero-order valence-corrected chi connectivity index (χ0v) is 11.7. The Bertz CT molecular complexity index is 271. The van der Waals surface area contributed by atoms with Gasteiger partial charge in [-0.2, -0.15) is 0 Å². The van der Waals surface area contributed by atoms with Crippen LogP contribution < -0.4 is 5.32 Å². The average molecular weight is 244 g/mol. The summed E-state index contributed by atoms with van der Waals surface area (Å²) in [5.74, 6) is -0.382. The average Bonchev–Trinajstić information content (AvgIpc) is 2.21. The molecule has 1 unspecified atom stereocenters. The first-order valence-electron chi connectivity index (χ1n) is 5.87. The highest BCUT2D eigenvalue weighted by Gasteiger charge is 2.19. The Morgan fingerprint density at radius 2 is 1.88 bits per heavy atom. The molecule has 0 fully saturated rings. The van der Waals surface area contributed by atoms with Crippen molar-refractivity contribution in [3.8, 4) is 0 Å². The van der Waals surface area contributed by atoms with Crippen LogP contribution in [0.15, 0.2) is 0 Å². The number of esters is 1. The second-order valence-electron chi connectivity index (χ2n) is 5.04. The molecular formula is C12H24N2O3. The van der Waals surface area contributed by atoms with Crippen LogP contribution in [0.25, 0.3) is 0 Å². The van der Waals surface area contributed by atoms with Crippen LogP contribution >= 0.6 is 0 Å². The summed E-state index contributed by atoms with van der Waals surface area (Å²) in [6, 6.07) is -0.382. The minimum Gasteiger partial charge on any atom is -0.459 e. The zero-order valence-electron chi connectivity index (χ0n) is 11.7. The lowest BCUT2D eigenvalue weighted by atomic mass is 10.2. The summed E-state index contributed by atoms with van der Waals surface area (Å²) in [5, 5.41) is 2.85. The van der Waals surface area contributed by atoms with E-state index in [0.29, 0.717) is 6.54 Å². The van der Waals surface area contributed by atoms with Crippen LogP contribution in [-0.2, 0) is 14.3 Å². The van der Waals surface area contributed by atoms with Crippen molar-refractivity contribution in [3.63, 3.8) is 0 Å². The molecule has 0 saturated heterocycles. The van der Waals surface area contributed by atoms with Gasteiger partial charge in [0.15, 0.2) is 0 Å². The number of carbonyl (C=O) groups excluding carboxylic acids is 2. The number of ether oxygens (including phenoxy) is 1. The van der Waals surface area contributed by atoms with Gasteiger partial charge in [-0.3, -0.25) is 14.9 Å². The third-order valence-corrected chi connectivity index (χ3v) is 2.19. The van der Waals surface area contributed by atoms with E-state index in [4.69, 9.17) is 4.74 Å². The van der Waals surface area contributed by atoms with Crippen molar-refractivity contribution in [3.05, 3.63) is 0 Å². The van der Waals surface area contributed by atoms with E-state index in [0.717, 1.165) is 0 Å². The van der Waals surface area contributed by atoms with Crippen LogP contribution in [0.2, 0.25) is 0 Å². The Hall–Kier alpha value is -1.10. The standard InChI is InChI=1S/C12H24N2O3/c1-7-14(6)11(16)9(2)13-8-10(15)17-12(3,4)5/h9,13H,7-8H2,1-6H3. The number of rotatable bonds is 5. The monoisotopic (exact) mass is 244 g/mol. The second-order valence-corrected chi connectivity index (χ2v) is 5.04. The van der Waals surface area contributed by atoms with E-state index < -0.39 is 5.60 Å². The topological polar surface area (TPSA) is 58.6 Å². The lowest BCUT2D eigenvalue weighted by Gasteiger charge is -2.22. The Balaban J connectivity index is 4.04. The van der Waals surface area contributed by atoms with Gasteiger partial charge in [-0.15, -0.1) is 0 Å². The van der Waals surface area contributed by atoms with E-state index in [1.807, 2.05) is 27.7 Å². The number of nitrogens with zero attached hydrogens (tertiary/aromatic N) is 1. The van der Waals surface area contributed by atoms with Crippen molar-refractivity contribution in [2.45, 2.75) is 46.3 Å². The summed E-state index contributed by atoms with van der Waals surface area (Å²) in [7, 11) is 1.73. The Morgan fingerprint density at radius 3 is 2.29 bits per heavy atom. The fourth-order valence-electron chi connectivity index (χ4n) is 1.19. The first-order chi connectivity index (χ1) is 7.67. The third kappa shape index (κ3) is 6.94. The molecule has 0 radical (unpaired) electrons. The van der Waals surface area contributed by atoms with Gasteiger partial charge in [-0.25, -0.2) is 0 Å². The smallest absolute Gasteiger partial charge is 0.320 e. The Kier molecular flexibility index (Phi) is 6.16. The van der Waals surface area contributed by atoms with Crippen LogP contribution in [0.1, 0.15) is 34.6 Å². The van der Waals surface area contributed by atoms with Crippen molar-refractivity contribution in [1.82, 2.24) is 10.2 Å². The van der Waals surface area contributed by atoms with Gasteiger partial charge in [0.25, 0.3) is 0 Å². The molecule has 0 heterocycles.